The minimum Gasteiger partial charge on any atom is -0.394 e. The Morgan fingerprint density at radius 1 is 1.50 bits per heavy atom. The largest absolute Gasteiger partial charge is 0.394 e. The first kappa shape index (κ1) is 13.3. The highest BCUT2D eigenvalue weighted by atomic mass is 16.8. The van der Waals surface area contributed by atoms with Crippen molar-refractivity contribution in [1.29, 1.82) is 5.26 Å². The number of aromatic nitrogens is 2. The third kappa shape index (κ3) is 1.87. The van der Waals surface area contributed by atoms with Gasteiger partial charge in [-0.2, -0.15) is 10.4 Å². The molecular weight excluding hydrogens is 264 g/mol. The van der Waals surface area contributed by atoms with Gasteiger partial charge < -0.3 is 25.1 Å². The van der Waals surface area contributed by atoms with Crippen molar-refractivity contribution in [1.82, 2.24) is 9.78 Å². The van der Waals surface area contributed by atoms with Gasteiger partial charge in [-0.25, -0.2) is 4.68 Å². The van der Waals surface area contributed by atoms with Gasteiger partial charge in [0.1, 0.15) is 35.8 Å². The number of nitrogens with two attached hydrogens (primary N) is 1. The maximum absolute atomic E-state index is 9.39. The number of hydrogen-bond donors (Lipinski definition) is 2. The second-order valence-corrected chi connectivity index (χ2v) is 5.31. The van der Waals surface area contributed by atoms with Gasteiger partial charge in [-0.05, 0) is 13.8 Å². The van der Waals surface area contributed by atoms with Crippen LogP contribution in [0.25, 0.3) is 0 Å². The standard InChI is InChI=1S/C12H16N4O4/c1-12(2)19-8-7(5-17)18-11(9(8)20-12)16-10(14)6(3-13)4-15-16/h4,7-9,11,17H,5,14H2,1-2H3/t7-,8?,9+,11-/m1/s1. The van der Waals surface area contributed by atoms with Gasteiger partial charge in [-0.15, -0.1) is 0 Å². The monoisotopic (exact) mass is 280 g/mol. The molecule has 8 heteroatoms. The van der Waals surface area contributed by atoms with E-state index in [2.05, 4.69) is 5.10 Å². The molecule has 0 saturated carbocycles. The first-order chi connectivity index (χ1) is 9.46. The summed E-state index contributed by atoms with van der Waals surface area (Å²) in [6, 6.07) is 1.95. The molecule has 0 spiro atoms. The summed E-state index contributed by atoms with van der Waals surface area (Å²) in [4.78, 5) is 0. The van der Waals surface area contributed by atoms with Crippen LogP contribution >= 0.6 is 0 Å². The maximum atomic E-state index is 9.39. The van der Waals surface area contributed by atoms with Crippen molar-refractivity contribution in [2.24, 2.45) is 0 Å². The highest BCUT2D eigenvalue weighted by molar-refractivity contribution is 5.47. The number of aliphatic hydroxyl groups excluding tert-OH is 1. The molecule has 1 unspecified atom stereocenters. The molecule has 20 heavy (non-hydrogen) atoms. The molecule has 2 aliphatic heterocycles. The second-order valence-electron chi connectivity index (χ2n) is 5.31. The fraction of sp³-hybridized carbons (Fsp3) is 0.667. The molecule has 0 aliphatic carbocycles. The highest BCUT2D eigenvalue weighted by Crippen LogP contribution is 2.43. The van der Waals surface area contributed by atoms with Crippen LogP contribution in [0.5, 0.6) is 0 Å². The Hall–Kier alpha value is -1.66. The molecule has 2 saturated heterocycles. The summed E-state index contributed by atoms with van der Waals surface area (Å²) in [7, 11) is 0. The van der Waals surface area contributed by atoms with Gasteiger partial charge >= 0.3 is 0 Å². The smallest absolute Gasteiger partial charge is 0.181 e. The Kier molecular flexibility index (Phi) is 2.95. The molecule has 4 atom stereocenters. The van der Waals surface area contributed by atoms with Gasteiger partial charge in [-0.3, -0.25) is 0 Å². The SMILES string of the molecule is CC1(C)OC2[C@@H](CO)O[C@@H](n3ncc(C#N)c3N)[C@H]2O1. The third-order valence-electron chi connectivity index (χ3n) is 3.50. The maximum Gasteiger partial charge on any atom is 0.181 e. The van der Waals surface area contributed by atoms with Crippen molar-refractivity contribution in [3.8, 4) is 6.07 Å². The number of ether oxygens (including phenoxy) is 3. The fourth-order valence-electron chi connectivity index (χ4n) is 2.66. The van der Waals surface area contributed by atoms with Crippen molar-refractivity contribution >= 4 is 5.82 Å². The Bertz CT molecular complexity index is 564. The Labute approximate surface area is 115 Å². The first-order valence-corrected chi connectivity index (χ1v) is 6.32. The zero-order valence-corrected chi connectivity index (χ0v) is 11.2. The van der Waals surface area contributed by atoms with E-state index in [9.17, 15) is 5.11 Å². The third-order valence-corrected chi connectivity index (χ3v) is 3.50. The molecule has 2 aliphatic rings. The number of nitrogen functional groups attached to an aromatic ring is 1. The van der Waals surface area contributed by atoms with Crippen molar-refractivity contribution in [2.75, 3.05) is 12.3 Å². The Balaban J connectivity index is 1.94. The molecule has 1 aromatic heterocycles. The van der Waals surface area contributed by atoms with E-state index in [4.69, 9.17) is 25.2 Å². The molecule has 1 aromatic rings. The number of rotatable bonds is 2. The number of nitriles is 1. The van der Waals surface area contributed by atoms with E-state index in [1.165, 1.54) is 10.9 Å². The molecule has 3 N–H and O–H groups in total. The van der Waals surface area contributed by atoms with Crippen molar-refractivity contribution < 1.29 is 19.3 Å². The van der Waals surface area contributed by atoms with Gasteiger partial charge in [0.15, 0.2) is 12.0 Å². The van der Waals surface area contributed by atoms with E-state index >= 15 is 0 Å². The molecule has 3 heterocycles. The summed E-state index contributed by atoms with van der Waals surface area (Å²) in [5.74, 6) is -0.548. The minimum absolute atomic E-state index is 0.191. The normalized spacial score (nSPS) is 34.9. The molecule has 0 radical (unpaired) electrons. The summed E-state index contributed by atoms with van der Waals surface area (Å²) in [5, 5.41) is 22.4. The number of hydrogen-bond acceptors (Lipinski definition) is 7. The van der Waals surface area contributed by atoms with Crippen LogP contribution in [-0.4, -0.2) is 45.6 Å². The lowest BCUT2D eigenvalue weighted by Gasteiger charge is -2.24. The zero-order chi connectivity index (χ0) is 14.5. The summed E-state index contributed by atoms with van der Waals surface area (Å²) in [5.41, 5.74) is 6.14. The lowest BCUT2D eigenvalue weighted by molar-refractivity contribution is -0.201. The fourth-order valence-corrected chi connectivity index (χ4v) is 2.66. The van der Waals surface area contributed by atoms with Crippen molar-refractivity contribution in [3.05, 3.63) is 11.8 Å². The minimum atomic E-state index is -0.759. The molecule has 0 bridgehead atoms. The zero-order valence-electron chi connectivity index (χ0n) is 11.2. The number of nitrogens with zero attached hydrogens (tertiary/aromatic N) is 3. The quantitative estimate of drug-likeness (QED) is 0.767. The molecule has 8 nitrogen and oxygen atoms in total. The number of fused-ring (bicyclic) bond motifs is 1. The van der Waals surface area contributed by atoms with Gasteiger partial charge in [-0.1, -0.05) is 0 Å². The van der Waals surface area contributed by atoms with E-state index in [1.807, 2.05) is 6.07 Å². The number of anilines is 1. The molecule has 2 fully saturated rings. The van der Waals surface area contributed by atoms with Gasteiger partial charge in [0, 0.05) is 0 Å². The Morgan fingerprint density at radius 2 is 2.20 bits per heavy atom. The lowest BCUT2D eigenvalue weighted by Crippen LogP contribution is -2.31. The van der Waals surface area contributed by atoms with Crippen LogP contribution in [0.4, 0.5) is 5.82 Å². The van der Waals surface area contributed by atoms with E-state index in [0.29, 0.717) is 0 Å². The molecule has 108 valence electrons. The lowest BCUT2D eigenvalue weighted by atomic mass is 10.1. The van der Waals surface area contributed by atoms with Crippen LogP contribution < -0.4 is 5.73 Å². The predicted molar refractivity (Wildman–Crippen MR) is 66.2 cm³/mol. The molecule has 3 rings (SSSR count). The Morgan fingerprint density at radius 3 is 2.80 bits per heavy atom. The average Bonchev–Trinajstić information content (AvgIpc) is 3.00. The van der Waals surface area contributed by atoms with Crippen LogP contribution in [0.3, 0.4) is 0 Å². The summed E-state index contributed by atoms with van der Waals surface area (Å²) < 4.78 is 18.7. The van der Waals surface area contributed by atoms with Crippen molar-refractivity contribution in [2.45, 2.75) is 44.2 Å². The van der Waals surface area contributed by atoms with Crippen LogP contribution in [0.1, 0.15) is 25.6 Å². The average molecular weight is 280 g/mol. The summed E-state index contributed by atoms with van der Waals surface area (Å²) in [6.45, 7) is 3.40. The van der Waals surface area contributed by atoms with E-state index < -0.39 is 30.3 Å². The van der Waals surface area contributed by atoms with Crippen LogP contribution in [0.15, 0.2) is 6.20 Å². The van der Waals surface area contributed by atoms with Gasteiger partial charge in [0.25, 0.3) is 0 Å². The van der Waals surface area contributed by atoms with E-state index in [-0.39, 0.29) is 18.0 Å². The van der Waals surface area contributed by atoms with Crippen LogP contribution in [0.2, 0.25) is 0 Å². The van der Waals surface area contributed by atoms with Crippen molar-refractivity contribution in [3.63, 3.8) is 0 Å². The van der Waals surface area contributed by atoms with E-state index in [1.54, 1.807) is 13.8 Å². The molecule has 0 amide bonds. The van der Waals surface area contributed by atoms with Gasteiger partial charge in [0.05, 0.1) is 12.8 Å². The topological polar surface area (TPSA) is 116 Å². The summed E-state index contributed by atoms with van der Waals surface area (Å²) in [6.07, 6.45) is -0.590. The first-order valence-electron chi connectivity index (χ1n) is 6.32. The van der Waals surface area contributed by atoms with Gasteiger partial charge in [0.2, 0.25) is 0 Å². The van der Waals surface area contributed by atoms with Crippen LogP contribution in [-0.2, 0) is 14.2 Å². The second kappa shape index (κ2) is 4.43. The molecular formula is C12H16N4O4. The predicted octanol–water partition coefficient (Wildman–Crippen LogP) is -0.253. The highest BCUT2D eigenvalue weighted by Gasteiger charge is 2.56. The summed E-state index contributed by atoms with van der Waals surface area (Å²) >= 11 is 0. The molecule has 0 aromatic carbocycles. The number of aliphatic hydroxyl groups is 1. The van der Waals surface area contributed by atoms with Crippen LogP contribution in [0, 0.1) is 11.3 Å². The van der Waals surface area contributed by atoms with E-state index in [0.717, 1.165) is 0 Å².